The Morgan fingerprint density at radius 3 is 2.51 bits per heavy atom. The Kier molecular flexibility index (Phi) is 9.62. The molecular formula is C43H53FN8O3. The van der Waals surface area contributed by atoms with Crippen molar-refractivity contribution in [2.24, 2.45) is 5.92 Å². The molecule has 4 aliphatic heterocycles. The van der Waals surface area contributed by atoms with Crippen molar-refractivity contribution in [3.63, 3.8) is 0 Å². The van der Waals surface area contributed by atoms with Crippen LogP contribution in [0.2, 0.25) is 0 Å². The fourth-order valence-electron chi connectivity index (χ4n) is 9.84. The summed E-state index contributed by atoms with van der Waals surface area (Å²) < 4.78 is 23.2. The number of nitrogens with one attached hydrogen (secondary N) is 2. The quantitative estimate of drug-likeness (QED) is 0.203. The van der Waals surface area contributed by atoms with Gasteiger partial charge in [0.1, 0.15) is 11.3 Å². The van der Waals surface area contributed by atoms with Gasteiger partial charge in [0.05, 0.1) is 42.5 Å². The summed E-state index contributed by atoms with van der Waals surface area (Å²) in [5.41, 5.74) is 6.39. The maximum Gasteiger partial charge on any atom is 0.251 e. The molecule has 2 unspecified atom stereocenters. The van der Waals surface area contributed by atoms with Crippen molar-refractivity contribution in [1.82, 2.24) is 29.7 Å². The van der Waals surface area contributed by atoms with E-state index in [1.54, 1.807) is 26.4 Å². The second-order valence-electron chi connectivity index (χ2n) is 16.8. The highest BCUT2D eigenvalue weighted by Crippen LogP contribution is 2.48. The molecule has 0 spiro atoms. The van der Waals surface area contributed by atoms with Crippen LogP contribution in [0.4, 0.5) is 21.6 Å². The lowest BCUT2D eigenvalue weighted by Crippen LogP contribution is -2.57. The van der Waals surface area contributed by atoms with E-state index in [1.807, 2.05) is 10.6 Å². The molecule has 0 bridgehead atoms. The molecule has 6 heterocycles. The molecule has 0 radical (unpaired) electrons. The predicted octanol–water partition coefficient (Wildman–Crippen LogP) is 6.79. The van der Waals surface area contributed by atoms with Gasteiger partial charge >= 0.3 is 0 Å². The summed E-state index contributed by atoms with van der Waals surface area (Å²) in [6.07, 6.45) is 9.20. The van der Waals surface area contributed by atoms with Gasteiger partial charge in [-0.2, -0.15) is 0 Å². The normalized spacial score (nSPS) is 24.9. The van der Waals surface area contributed by atoms with Crippen molar-refractivity contribution in [3.05, 3.63) is 65.2 Å². The Morgan fingerprint density at radius 1 is 0.982 bits per heavy atom. The molecule has 2 amide bonds. The third-order valence-electron chi connectivity index (χ3n) is 13.1. The Labute approximate surface area is 322 Å². The van der Waals surface area contributed by atoms with Crippen molar-refractivity contribution in [3.8, 4) is 11.3 Å². The highest BCUT2D eigenvalue weighted by molar-refractivity contribution is 5.99. The van der Waals surface area contributed by atoms with E-state index in [0.717, 1.165) is 80.9 Å². The van der Waals surface area contributed by atoms with Gasteiger partial charge < -0.3 is 29.7 Å². The number of ether oxygens (including phenoxy) is 1. The average Bonchev–Trinajstić information content (AvgIpc) is 3.54. The fraction of sp³-hybridized carbons (Fsp3) is 0.535. The first-order chi connectivity index (χ1) is 26.7. The summed E-state index contributed by atoms with van der Waals surface area (Å²) in [6, 6.07) is 12.7. The van der Waals surface area contributed by atoms with Crippen molar-refractivity contribution >= 4 is 40.0 Å². The van der Waals surface area contributed by atoms with Crippen molar-refractivity contribution in [2.75, 3.05) is 56.7 Å². The van der Waals surface area contributed by atoms with E-state index in [1.165, 1.54) is 30.9 Å². The van der Waals surface area contributed by atoms with Crippen molar-refractivity contribution in [1.29, 1.82) is 0 Å². The molecular weight excluding hydrogens is 696 g/mol. The van der Waals surface area contributed by atoms with Gasteiger partial charge in [0, 0.05) is 55.0 Å². The number of fused-ring (bicyclic) bond motifs is 4. The fourth-order valence-corrected chi connectivity index (χ4v) is 9.84. The maximum absolute atomic E-state index is 15.6. The van der Waals surface area contributed by atoms with Crippen LogP contribution in [-0.2, 0) is 9.53 Å². The first kappa shape index (κ1) is 36.3. The van der Waals surface area contributed by atoms with E-state index in [9.17, 15) is 9.59 Å². The first-order valence-electron chi connectivity index (χ1n) is 20.4. The Morgan fingerprint density at radius 2 is 1.78 bits per heavy atom. The Bertz CT molecular complexity index is 2120. The molecule has 4 fully saturated rings. The number of amides is 2. The summed E-state index contributed by atoms with van der Waals surface area (Å²) >= 11 is 0. The molecule has 2 aromatic heterocycles. The van der Waals surface area contributed by atoms with Crippen LogP contribution in [0.3, 0.4) is 0 Å². The molecule has 290 valence electrons. The number of hydrogen-bond acceptors (Lipinski definition) is 8. The Balaban J connectivity index is 1.12. The second kappa shape index (κ2) is 14.6. The lowest BCUT2D eigenvalue weighted by atomic mass is 9.78. The second-order valence-corrected chi connectivity index (χ2v) is 16.8. The van der Waals surface area contributed by atoms with E-state index < -0.39 is 5.82 Å². The number of aryl methyl sites for hydroxylation is 1. The summed E-state index contributed by atoms with van der Waals surface area (Å²) in [5, 5.41) is 5.92. The highest BCUT2D eigenvalue weighted by Gasteiger charge is 2.46. The van der Waals surface area contributed by atoms with Crippen LogP contribution in [0.15, 0.2) is 42.7 Å². The minimum absolute atomic E-state index is 0.0713. The number of carbonyl (C=O) groups excluding carboxylic acids is 2. The third-order valence-corrected chi connectivity index (χ3v) is 13.1. The van der Waals surface area contributed by atoms with Crippen molar-refractivity contribution < 1.29 is 18.7 Å². The lowest BCUT2D eigenvalue weighted by molar-refractivity contribution is -0.122. The summed E-state index contributed by atoms with van der Waals surface area (Å²) in [7, 11) is 1.56. The third kappa shape index (κ3) is 6.59. The van der Waals surface area contributed by atoms with Gasteiger partial charge in [0.25, 0.3) is 5.91 Å². The number of halogens is 1. The minimum Gasteiger partial charge on any atom is -0.378 e. The van der Waals surface area contributed by atoms with Crippen LogP contribution >= 0.6 is 0 Å². The van der Waals surface area contributed by atoms with Gasteiger partial charge in [0.2, 0.25) is 5.91 Å². The standard InChI is InChI=1S/C43H53FN8O3/c1-25(2)51-24-46-38-20-36(47-42(41(38)51)48-37-19-34(43(54)45-4)26(3)14-35(37)44)27-8-9-33-32-10-13-50(31-22-55-23-31)21-28(32)16-40(53)52(39(33)15-27)30-17-29(18-30)49-11-6-5-7-12-49/h8-9,14-15,19-20,24-25,28-32H,5-7,10-13,16-18,21-23H2,1-4H3,(H,45,54)(H,47,48). The van der Waals surface area contributed by atoms with E-state index in [4.69, 9.17) is 14.7 Å². The molecule has 3 saturated heterocycles. The number of hydrogen-bond donors (Lipinski definition) is 2. The number of nitrogens with zero attached hydrogens (tertiary/aromatic N) is 6. The topological polar surface area (TPSA) is 108 Å². The molecule has 11 nitrogen and oxygen atoms in total. The molecule has 9 rings (SSSR count). The molecule has 2 aromatic carbocycles. The van der Waals surface area contributed by atoms with Crippen LogP contribution in [0.1, 0.15) is 92.2 Å². The van der Waals surface area contributed by atoms with Gasteiger partial charge in [-0.3, -0.25) is 14.5 Å². The smallest absolute Gasteiger partial charge is 0.251 e. The monoisotopic (exact) mass is 748 g/mol. The van der Waals surface area contributed by atoms with E-state index in [0.29, 0.717) is 47.1 Å². The largest absolute Gasteiger partial charge is 0.378 e. The van der Waals surface area contributed by atoms with Gasteiger partial charge in [-0.1, -0.05) is 18.6 Å². The molecule has 2 N–H and O–H groups in total. The number of anilines is 3. The van der Waals surface area contributed by atoms with Gasteiger partial charge in [0.15, 0.2) is 5.82 Å². The van der Waals surface area contributed by atoms with Gasteiger partial charge in [-0.15, -0.1) is 0 Å². The molecule has 2 atom stereocenters. The molecule has 55 heavy (non-hydrogen) atoms. The molecule has 1 aliphatic carbocycles. The van der Waals surface area contributed by atoms with Crippen LogP contribution in [0.5, 0.6) is 0 Å². The zero-order chi connectivity index (χ0) is 38.0. The number of carbonyl (C=O) groups is 2. The van der Waals surface area contributed by atoms with Crippen LogP contribution in [-0.4, -0.2) is 101 Å². The maximum atomic E-state index is 15.6. The molecule has 5 aliphatic rings. The predicted molar refractivity (Wildman–Crippen MR) is 213 cm³/mol. The van der Waals surface area contributed by atoms with Crippen LogP contribution in [0.25, 0.3) is 22.3 Å². The molecule has 12 heteroatoms. The average molecular weight is 749 g/mol. The molecule has 1 saturated carbocycles. The lowest BCUT2D eigenvalue weighted by Gasteiger charge is -2.48. The van der Waals surface area contributed by atoms with Gasteiger partial charge in [-0.25, -0.2) is 14.4 Å². The number of likely N-dealkylation sites (tertiary alicyclic amines) is 2. The minimum atomic E-state index is -0.478. The number of benzene rings is 2. The zero-order valence-electron chi connectivity index (χ0n) is 32.5. The molecule has 4 aromatic rings. The van der Waals surface area contributed by atoms with Crippen LogP contribution < -0.4 is 15.5 Å². The first-order valence-corrected chi connectivity index (χ1v) is 20.4. The summed E-state index contributed by atoms with van der Waals surface area (Å²) in [5.74, 6) is 0.452. The van der Waals surface area contributed by atoms with E-state index >= 15 is 4.39 Å². The number of imidazole rings is 1. The number of pyridine rings is 1. The summed E-state index contributed by atoms with van der Waals surface area (Å²) in [6.45, 7) is 11.7. The number of aromatic nitrogens is 3. The SMILES string of the molecule is CNC(=O)c1cc(Nc2nc(-c3ccc4c(c3)N(C3CC(N5CCCCC5)C3)C(=O)CC3CN(C5COC5)CCC43)cc3ncn(C(C)C)c23)c(F)cc1C. The summed E-state index contributed by atoms with van der Waals surface area (Å²) in [4.78, 5) is 44.6. The zero-order valence-corrected chi connectivity index (χ0v) is 32.5. The van der Waals surface area contributed by atoms with E-state index in [-0.39, 0.29) is 35.5 Å². The van der Waals surface area contributed by atoms with E-state index in [2.05, 4.69) is 57.4 Å². The van der Waals surface area contributed by atoms with Crippen molar-refractivity contribution in [2.45, 2.75) is 95.8 Å². The number of piperidine rings is 2. The Hall–Kier alpha value is -4.39. The van der Waals surface area contributed by atoms with Crippen LogP contribution in [0, 0.1) is 18.7 Å². The number of rotatable bonds is 8. The highest BCUT2D eigenvalue weighted by atomic mass is 19.1. The van der Waals surface area contributed by atoms with Gasteiger partial charge in [-0.05, 0) is 120 Å².